The highest BCUT2D eigenvalue weighted by Gasteiger charge is 2.32. The highest BCUT2D eigenvalue weighted by molar-refractivity contribution is 7.23. The van der Waals surface area contributed by atoms with Crippen LogP contribution in [0.5, 0.6) is 69.0 Å². The molecule has 12 aromatic carbocycles. The Morgan fingerprint density at radius 3 is 0.928 bits per heavy atom. The van der Waals surface area contributed by atoms with Gasteiger partial charge in [0.1, 0.15) is 100 Å². The predicted molar refractivity (Wildman–Crippen MR) is 517 cm³/mol. The maximum Gasteiger partial charge on any atom is 0.297 e. The van der Waals surface area contributed by atoms with E-state index in [2.05, 4.69) is 18.9 Å². The van der Waals surface area contributed by atoms with E-state index in [9.17, 15) is 89.5 Å². The molecule has 0 bridgehead atoms. The average Bonchev–Trinajstić information content (AvgIpc) is 1.62. The van der Waals surface area contributed by atoms with Gasteiger partial charge in [-0.05, 0) is 293 Å². The molecule has 0 spiro atoms. The second kappa shape index (κ2) is 44.1. The Morgan fingerprint density at radius 2 is 0.594 bits per heavy atom. The summed E-state index contributed by atoms with van der Waals surface area (Å²) in [7, 11) is 0. The molecule has 0 amide bonds. The van der Waals surface area contributed by atoms with Crippen LogP contribution in [-0.2, 0) is 38.1 Å². The molecule has 34 heteroatoms. The first-order valence-electron chi connectivity index (χ1n) is 40.5. The van der Waals surface area contributed by atoms with Crippen LogP contribution >= 0.6 is 80.1 Å². The molecule has 0 saturated carbocycles. The lowest BCUT2D eigenvalue weighted by atomic mass is 9.97. The molecule has 0 aliphatic carbocycles. The summed E-state index contributed by atoms with van der Waals surface area (Å²) in [6, 6.07) is 42.6. The second-order valence-corrected chi connectivity index (χ2v) is 35.7. The normalized spacial score (nSPS) is 11.2. The van der Waals surface area contributed by atoms with E-state index < -0.39 is 52.1 Å². The number of ketones is 4. The average molecular weight is 2010 g/mol. The topological polar surface area (TPSA) is 291 Å². The van der Waals surface area contributed by atoms with Crippen molar-refractivity contribution >= 4 is 194 Å². The number of hydrogen-bond acceptors (Lipinski definition) is 24. The van der Waals surface area contributed by atoms with Gasteiger partial charge in [-0.2, -0.15) is 0 Å². The second-order valence-electron chi connectivity index (χ2n) is 30.3. The van der Waals surface area contributed by atoms with Crippen molar-refractivity contribution in [2.45, 2.75) is 55.4 Å². The molecular formula is C104H70Cl3F7O20S4. The number of phenols is 4. The van der Waals surface area contributed by atoms with Gasteiger partial charge in [0.15, 0.2) is 28.7 Å². The number of hydrogen-bond donors (Lipinski definition) is 4. The van der Waals surface area contributed by atoms with Gasteiger partial charge in [0.05, 0.1) is 40.1 Å². The zero-order valence-corrected chi connectivity index (χ0v) is 78.5. The van der Waals surface area contributed by atoms with Gasteiger partial charge in [0, 0.05) is 91.9 Å². The number of benzene rings is 12. The van der Waals surface area contributed by atoms with Crippen LogP contribution in [0.15, 0.2) is 207 Å². The summed E-state index contributed by atoms with van der Waals surface area (Å²) in [5, 5.41) is 42.5. The molecule has 16 aromatic rings. The van der Waals surface area contributed by atoms with E-state index in [0.717, 1.165) is 70.8 Å². The van der Waals surface area contributed by atoms with Gasteiger partial charge in [-0.25, -0.2) is 30.7 Å². The van der Waals surface area contributed by atoms with Gasteiger partial charge in [0.2, 0.25) is 23.1 Å². The Hall–Kier alpha value is -15.2. The third-order valence-corrected chi connectivity index (χ3v) is 26.0. The van der Waals surface area contributed by atoms with Gasteiger partial charge in [-0.1, -0.05) is 40.9 Å². The number of carbonyl (C=O) groups is 8. The largest absolute Gasteiger partial charge is 0.508 e. The summed E-state index contributed by atoms with van der Waals surface area (Å²) in [6.45, 7) is 14.1. The van der Waals surface area contributed by atoms with E-state index in [1.165, 1.54) is 145 Å². The van der Waals surface area contributed by atoms with Gasteiger partial charge >= 0.3 is 0 Å². The zero-order chi connectivity index (χ0) is 99.4. The lowest BCUT2D eigenvalue weighted by Crippen LogP contribution is -2.06. The monoisotopic (exact) mass is 2000 g/mol. The number of phenolic OH excluding ortho intramolecular Hbond substituents is 4. The third kappa shape index (κ3) is 23.0. The number of halogens is 10. The fourth-order valence-electron chi connectivity index (χ4n) is 14.8. The molecule has 0 saturated heterocycles. The summed E-state index contributed by atoms with van der Waals surface area (Å²) in [5.41, 5.74) is 6.14. The Bertz CT molecular complexity index is 7590. The quantitative estimate of drug-likeness (QED) is 0.0116. The molecule has 0 atom stereocenters. The number of aryl methyl sites for hydroxylation is 8. The van der Waals surface area contributed by atoms with Crippen LogP contribution in [0.3, 0.4) is 0 Å². The highest BCUT2D eigenvalue weighted by Crippen LogP contribution is 2.51. The number of carbonyl (C=O) groups excluding carboxylic acids is 8. The fourth-order valence-corrected chi connectivity index (χ4v) is 20.0. The Kier molecular flexibility index (Phi) is 32.0. The van der Waals surface area contributed by atoms with E-state index in [1.54, 1.807) is 116 Å². The number of aromatic hydroxyl groups is 4. The van der Waals surface area contributed by atoms with Crippen molar-refractivity contribution in [2.24, 2.45) is 0 Å². The SMILES string of the molecule is Cc1cc(F)cc(C)c1C(=O)c1sc2cc(O)ccc2c1Oc1c(Cl)cc(/C=C/OC=O)cc1Cl.Cc1cc(F)cc(C)c1C(=O)c1sc2cc(O)ccc2c1Oc1cc(F)c(/C=C/OC=O)c(F)c1.Cc1cc(F)cc(C)c1C(=O)c1sc2cc(O)ccc2c1Oc1ccc(/C=C/OC=O)c(F)c1.Cc1cc(F)cc(C)c1C(=O)c1sc2cc(O)ccc2c1Oc1ccc(/C=C/OC=O)cc1Cl. The van der Waals surface area contributed by atoms with Crippen LogP contribution in [0.1, 0.15) is 128 Å². The number of fused-ring (bicyclic) bond motifs is 4. The lowest BCUT2D eigenvalue weighted by molar-refractivity contribution is -0.124. The minimum absolute atomic E-state index is 0.0215. The van der Waals surface area contributed by atoms with Crippen LogP contribution in [0.4, 0.5) is 30.7 Å². The van der Waals surface area contributed by atoms with Crippen LogP contribution in [0, 0.1) is 96.1 Å². The molecule has 0 aliphatic heterocycles. The predicted octanol–water partition coefficient (Wildman–Crippen LogP) is 28.5. The van der Waals surface area contributed by atoms with Crippen molar-refractivity contribution in [3.8, 4) is 69.0 Å². The summed E-state index contributed by atoms with van der Waals surface area (Å²) in [6.07, 6.45) is 9.56. The van der Waals surface area contributed by atoms with E-state index in [0.29, 0.717) is 136 Å². The van der Waals surface area contributed by atoms with Gasteiger partial charge in [0.25, 0.3) is 25.9 Å². The Balaban J connectivity index is 0.000000155. The van der Waals surface area contributed by atoms with Crippen molar-refractivity contribution in [2.75, 3.05) is 0 Å². The summed E-state index contributed by atoms with van der Waals surface area (Å²) in [5.74, 6) is -4.66. The molecule has 4 heterocycles. The minimum atomic E-state index is -0.985. The molecule has 0 aliphatic rings. The van der Waals surface area contributed by atoms with Crippen molar-refractivity contribution in [3.63, 3.8) is 0 Å². The minimum Gasteiger partial charge on any atom is -0.508 e. The van der Waals surface area contributed by atoms with E-state index in [4.69, 9.17) is 53.8 Å². The van der Waals surface area contributed by atoms with Crippen LogP contribution in [-0.4, -0.2) is 69.4 Å². The van der Waals surface area contributed by atoms with Crippen LogP contribution in [0.2, 0.25) is 15.1 Å². The third-order valence-electron chi connectivity index (χ3n) is 20.6. The van der Waals surface area contributed by atoms with Gasteiger partial charge in [-0.3, -0.25) is 38.4 Å². The van der Waals surface area contributed by atoms with E-state index in [1.807, 2.05) is 0 Å². The first-order chi connectivity index (χ1) is 65.9. The number of thiophene rings is 4. The standard InChI is InChI=1S/C26H17Cl2FO5S.C26H18ClFO5S.C26H17F3O5S.C26H18F2O5S/c1-13-7-16(29)8-14(2)22(13)23(32)26-24(18-4-3-17(31)11-21(18)35-26)34-25-19(27)9-15(10-20(25)28)5-6-33-12-30;1-14-9-17(28)10-15(2)23(14)24(31)26-25(19-5-4-18(30)12-22(19)34-26)33-21-6-3-16(11-20(21)27)7-8-32-13-29;1-13-7-15(27)8-14(2)23(13)24(32)26-25(19-4-3-16(31)9-22(19)35-26)34-17-10-20(28)18(21(29)11-17)5-6-33-12-30;1-14-9-17(27)10-15(2)23(14)24(31)26-25(20-6-4-18(30)11-22(20)34-26)33-19-5-3-16(21(28)12-19)7-8-32-13-29/h3-12,31H,1-2H3;3-13,30H,1-2H3;3-12,31H,1-2H3;3-13,30H,1-2H3/b6-5+;8-7+;6-5+;8-7+. The van der Waals surface area contributed by atoms with Crippen LogP contribution in [0.25, 0.3) is 64.6 Å². The van der Waals surface area contributed by atoms with Crippen molar-refractivity contribution in [3.05, 3.63) is 371 Å². The van der Waals surface area contributed by atoms with Crippen molar-refractivity contribution in [1.82, 2.24) is 0 Å². The fraction of sp³-hybridized carbons (Fsp3) is 0.0769. The lowest BCUT2D eigenvalue weighted by Gasteiger charge is -2.13. The molecule has 4 N–H and O–H groups in total. The molecule has 138 heavy (non-hydrogen) atoms. The Labute approximate surface area is 811 Å². The maximum absolute atomic E-state index is 14.6. The van der Waals surface area contributed by atoms with Gasteiger partial charge < -0.3 is 58.3 Å². The maximum atomic E-state index is 14.6. The summed E-state index contributed by atoms with van der Waals surface area (Å²) in [4.78, 5) is 96.4. The smallest absolute Gasteiger partial charge is 0.297 e. The van der Waals surface area contributed by atoms with Crippen LogP contribution < -0.4 is 18.9 Å². The Morgan fingerprint density at radius 1 is 0.297 bits per heavy atom. The number of ether oxygens (including phenoxy) is 8. The molecule has 20 nitrogen and oxygen atoms in total. The zero-order valence-electron chi connectivity index (χ0n) is 73.0. The molecule has 0 radical (unpaired) electrons. The first-order valence-corrected chi connectivity index (χ1v) is 44.9. The van der Waals surface area contributed by atoms with E-state index >= 15 is 0 Å². The molecular weight excluding hydrogens is 1940 g/mol. The summed E-state index contributed by atoms with van der Waals surface area (Å²) < 4.78 is 143. The molecule has 0 fully saturated rings. The molecule has 16 rings (SSSR count). The van der Waals surface area contributed by atoms with E-state index in [-0.39, 0.29) is 135 Å². The molecule has 700 valence electrons. The molecule has 0 unspecified atom stereocenters. The summed E-state index contributed by atoms with van der Waals surface area (Å²) >= 11 is 23.8. The molecule has 4 aromatic heterocycles. The van der Waals surface area contributed by atoms with Crippen molar-refractivity contribution in [1.29, 1.82) is 0 Å². The number of rotatable bonds is 28. The van der Waals surface area contributed by atoms with Crippen molar-refractivity contribution < 1.29 is 127 Å². The highest BCUT2D eigenvalue weighted by atomic mass is 35.5. The first kappa shape index (κ1) is 100. The van der Waals surface area contributed by atoms with Gasteiger partial charge in [-0.15, -0.1) is 45.3 Å².